The molecule has 2 aliphatic heterocycles. The second-order valence-corrected chi connectivity index (χ2v) is 12.9. The zero-order chi connectivity index (χ0) is 31.3. The maximum atomic E-state index is 12.8. The minimum Gasteiger partial charge on any atom is -0.507 e. The van der Waals surface area contributed by atoms with Gasteiger partial charge in [0.15, 0.2) is 0 Å². The number of rotatable bonds is 9. The maximum Gasteiger partial charge on any atom is 0.310 e. The number of carbonyl (C=O) groups is 2. The van der Waals surface area contributed by atoms with E-state index in [4.69, 9.17) is 9.47 Å². The predicted octanol–water partition coefficient (Wildman–Crippen LogP) is 6.63. The molecule has 4 N–H and O–H groups in total. The average Bonchev–Trinajstić information content (AvgIpc) is 2.94. The van der Waals surface area contributed by atoms with Crippen LogP contribution in [-0.4, -0.2) is 44.6 Å². The highest BCUT2D eigenvalue weighted by Gasteiger charge is 2.43. The highest BCUT2D eigenvalue weighted by molar-refractivity contribution is 5.81. The van der Waals surface area contributed by atoms with E-state index in [0.717, 1.165) is 56.0 Å². The number of phenolic OH excluding ortho intramolecular Hbond substituents is 2. The molecule has 0 aromatic heterocycles. The number of phenols is 2. The van der Waals surface area contributed by atoms with Crippen molar-refractivity contribution in [1.82, 2.24) is 0 Å². The molecule has 0 radical (unpaired) electrons. The third-order valence-electron chi connectivity index (χ3n) is 10.5. The first-order chi connectivity index (χ1) is 19.6. The molecule has 0 saturated heterocycles. The molecule has 2 aliphatic rings. The molecule has 4 atom stereocenters. The Kier molecular flexibility index (Phi) is 8.77. The van der Waals surface area contributed by atoms with Crippen molar-refractivity contribution in [2.24, 2.45) is 17.3 Å². The van der Waals surface area contributed by atoms with Gasteiger partial charge in [0.25, 0.3) is 0 Å². The van der Waals surface area contributed by atoms with Crippen molar-refractivity contribution in [3.05, 3.63) is 44.5 Å². The summed E-state index contributed by atoms with van der Waals surface area (Å²) >= 11 is 0. The molecule has 4 unspecified atom stereocenters. The quantitative estimate of drug-likeness (QED) is 0.259. The summed E-state index contributed by atoms with van der Waals surface area (Å²) in [7, 11) is 0. The summed E-state index contributed by atoms with van der Waals surface area (Å²) in [6.45, 7) is 15.3. The van der Waals surface area contributed by atoms with Crippen LogP contribution in [0.5, 0.6) is 23.0 Å². The molecule has 0 aliphatic carbocycles. The predicted molar refractivity (Wildman–Crippen MR) is 160 cm³/mol. The van der Waals surface area contributed by atoms with Crippen LogP contribution in [0.1, 0.15) is 90.5 Å². The molecule has 8 nitrogen and oxygen atoms in total. The van der Waals surface area contributed by atoms with E-state index in [1.807, 2.05) is 55.4 Å². The largest absolute Gasteiger partial charge is 0.507 e. The Morgan fingerprint density at radius 1 is 0.690 bits per heavy atom. The standard InChI is InChI=1S/C34H46O8/c1-16-18(3)31-26(20(5)29(16)37)13-24(22(7)41-31)9-11-34(33(39)40,15-28(35)36)12-10-25-14-27-21(6)30(38)17(2)19(4)32(27)42-23(25)8/h22-25,37-38H,9-15H2,1-8H3,(H,35,36)(H,39,40). The molecule has 0 saturated carbocycles. The number of fused-ring (bicyclic) bond motifs is 2. The van der Waals surface area contributed by atoms with E-state index < -0.39 is 23.8 Å². The third kappa shape index (κ3) is 5.52. The van der Waals surface area contributed by atoms with Crippen LogP contribution in [-0.2, 0) is 22.4 Å². The highest BCUT2D eigenvalue weighted by atomic mass is 16.5. The van der Waals surface area contributed by atoms with Gasteiger partial charge in [0.05, 0.1) is 24.0 Å². The average molecular weight is 583 g/mol. The fraction of sp³-hybridized carbons (Fsp3) is 0.588. The lowest BCUT2D eigenvalue weighted by molar-refractivity contribution is -0.157. The smallest absolute Gasteiger partial charge is 0.310 e. The number of carboxylic acid groups (broad SMARTS) is 2. The van der Waals surface area contributed by atoms with Gasteiger partial charge < -0.3 is 29.9 Å². The number of aliphatic carboxylic acids is 2. The van der Waals surface area contributed by atoms with Gasteiger partial charge in [0.1, 0.15) is 23.0 Å². The number of benzene rings is 2. The third-order valence-corrected chi connectivity index (χ3v) is 10.5. The van der Waals surface area contributed by atoms with E-state index in [9.17, 15) is 30.0 Å². The van der Waals surface area contributed by atoms with Crippen LogP contribution in [0.3, 0.4) is 0 Å². The molecule has 230 valence electrons. The van der Waals surface area contributed by atoms with Crippen LogP contribution in [0.2, 0.25) is 0 Å². The lowest BCUT2D eigenvalue weighted by Gasteiger charge is -2.38. The molecule has 2 heterocycles. The van der Waals surface area contributed by atoms with Gasteiger partial charge in [-0.15, -0.1) is 0 Å². The van der Waals surface area contributed by atoms with Crippen molar-refractivity contribution in [3.63, 3.8) is 0 Å². The number of carboxylic acids is 2. The summed E-state index contributed by atoms with van der Waals surface area (Å²) in [6, 6.07) is 0. The van der Waals surface area contributed by atoms with Crippen LogP contribution in [0.4, 0.5) is 0 Å². The summed E-state index contributed by atoms with van der Waals surface area (Å²) in [5, 5.41) is 41.6. The molecule has 2 aromatic carbocycles. The molecule has 0 amide bonds. The van der Waals surface area contributed by atoms with Gasteiger partial charge in [-0.3, -0.25) is 9.59 Å². The summed E-state index contributed by atoms with van der Waals surface area (Å²) < 4.78 is 12.7. The van der Waals surface area contributed by atoms with Crippen LogP contribution in [0.25, 0.3) is 0 Å². The maximum absolute atomic E-state index is 12.8. The van der Waals surface area contributed by atoms with Gasteiger partial charge >= 0.3 is 11.9 Å². The van der Waals surface area contributed by atoms with Crippen molar-refractivity contribution in [2.75, 3.05) is 0 Å². The van der Waals surface area contributed by atoms with E-state index in [1.54, 1.807) is 0 Å². The number of aromatic hydroxyl groups is 2. The van der Waals surface area contributed by atoms with Crippen molar-refractivity contribution >= 4 is 11.9 Å². The first-order valence-corrected chi connectivity index (χ1v) is 15.0. The first-order valence-electron chi connectivity index (χ1n) is 15.0. The summed E-state index contributed by atoms with van der Waals surface area (Å²) in [6.07, 6.45) is 1.82. The Labute approximate surface area is 248 Å². The topological polar surface area (TPSA) is 134 Å². The van der Waals surface area contributed by atoms with Gasteiger partial charge in [-0.2, -0.15) is 0 Å². The molecular weight excluding hydrogens is 536 g/mol. The second-order valence-electron chi connectivity index (χ2n) is 12.9. The van der Waals surface area contributed by atoms with Crippen LogP contribution in [0.15, 0.2) is 0 Å². The van der Waals surface area contributed by atoms with Gasteiger partial charge in [0, 0.05) is 11.1 Å². The Morgan fingerprint density at radius 2 is 1.07 bits per heavy atom. The normalized spacial score (nSPS) is 22.8. The monoisotopic (exact) mass is 582 g/mol. The Balaban J connectivity index is 1.56. The minimum atomic E-state index is -1.44. The summed E-state index contributed by atoms with van der Waals surface area (Å²) in [5.74, 6) is -0.175. The molecule has 0 spiro atoms. The zero-order valence-corrected chi connectivity index (χ0v) is 26.2. The molecule has 2 aromatic rings. The summed E-state index contributed by atoms with van der Waals surface area (Å²) in [5.41, 5.74) is 5.39. The molecule has 4 rings (SSSR count). The van der Waals surface area contributed by atoms with E-state index in [2.05, 4.69) is 0 Å². The molecule has 8 heteroatoms. The van der Waals surface area contributed by atoms with E-state index in [-0.39, 0.29) is 48.4 Å². The van der Waals surface area contributed by atoms with E-state index in [1.165, 1.54) is 0 Å². The molecule has 0 bridgehead atoms. The van der Waals surface area contributed by atoms with Gasteiger partial charge in [-0.1, -0.05) is 0 Å². The lowest BCUT2D eigenvalue weighted by Crippen LogP contribution is -2.39. The fourth-order valence-corrected chi connectivity index (χ4v) is 7.05. The van der Waals surface area contributed by atoms with Crippen LogP contribution in [0, 0.1) is 58.8 Å². The Bertz CT molecular complexity index is 1320. The van der Waals surface area contributed by atoms with Crippen molar-refractivity contribution < 1.29 is 39.5 Å². The van der Waals surface area contributed by atoms with E-state index >= 15 is 0 Å². The SMILES string of the molecule is Cc1c(C)c2c(c(C)c1O)CC(CCC(CCC1Cc3c(C)c(O)c(C)c(C)c3OC1C)(CC(=O)O)C(=O)O)C(C)O2. The molecule has 42 heavy (non-hydrogen) atoms. The Morgan fingerprint density at radius 3 is 1.40 bits per heavy atom. The fourth-order valence-electron chi connectivity index (χ4n) is 7.05. The number of hydrogen-bond acceptors (Lipinski definition) is 6. The molecular formula is C34H46O8. The van der Waals surface area contributed by atoms with Crippen molar-refractivity contribution in [3.8, 4) is 23.0 Å². The van der Waals surface area contributed by atoms with Gasteiger partial charge in [-0.25, -0.2) is 0 Å². The van der Waals surface area contributed by atoms with Gasteiger partial charge in [0.2, 0.25) is 0 Å². The first kappa shape index (κ1) is 31.5. The Hall–Kier alpha value is -3.42. The van der Waals surface area contributed by atoms with E-state index in [0.29, 0.717) is 25.7 Å². The highest BCUT2D eigenvalue weighted by Crippen LogP contribution is 2.47. The van der Waals surface area contributed by atoms with Crippen LogP contribution < -0.4 is 9.47 Å². The lowest BCUT2D eigenvalue weighted by atomic mass is 9.71. The number of ether oxygens (including phenoxy) is 2. The van der Waals surface area contributed by atoms with Crippen molar-refractivity contribution in [2.45, 2.75) is 113 Å². The molecule has 0 fully saturated rings. The second kappa shape index (κ2) is 11.7. The zero-order valence-electron chi connectivity index (χ0n) is 26.2. The van der Waals surface area contributed by atoms with Crippen LogP contribution >= 0.6 is 0 Å². The number of hydrogen-bond donors (Lipinski definition) is 4. The van der Waals surface area contributed by atoms with Gasteiger partial charge in [-0.05, 0) is 139 Å². The van der Waals surface area contributed by atoms with Crippen molar-refractivity contribution in [1.29, 1.82) is 0 Å². The minimum absolute atomic E-state index is 0.0223. The summed E-state index contributed by atoms with van der Waals surface area (Å²) in [4.78, 5) is 24.8.